The van der Waals surface area contributed by atoms with E-state index < -0.39 is 10.0 Å². The van der Waals surface area contributed by atoms with Crippen LogP contribution in [0.5, 0.6) is 5.75 Å². The first kappa shape index (κ1) is 18.8. The number of rotatable bonds is 8. The predicted octanol–water partition coefficient (Wildman–Crippen LogP) is 0.609. The molecule has 0 heterocycles. The molecule has 1 aromatic carbocycles. The van der Waals surface area contributed by atoms with Crippen LogP contribution in [0.25, 0.3) is 0 Å². The largest absolute Gasteiger partial charge is 0.495 e. The van der Waals surface area contributed by atoms with Crippen LogP contribution < -0.4 is 10.1 Å². The predicted molar refractivity (Wildman–Crippen MR) is 86.9 cm³/mol. The van der Waals surface area contributed by atoms with Crippen molar-refractivity contribution < 1.29 is 23.1 Å². The zero-order chi connectivity index (χ0) is 16.8. The summed E-state index contributed by atoms with van der Waals surface area (Å²) in [5.74, 6) is 0.697. The highest BCUT2D eigenvalue weighted by Crippen LogP contribution is 2.28. The van der Waals surface area contributed by atoms with Crippen molar-refractivity contribution in [1.82, 2.24) is 4.31 Å². The Morgan fingerprint density at radius 1 is 1.41 bits per heavy atom. The maximum absolute atomic E-state index is 12.1. The van der Waals surface area contributed by atoms with Gasteiger partial charge in [0.15, 0.2) is 0 Å². The number of carbonyl (C=O) groups excluding carboxylic acids is 1. The summed E-state index contributed by atoms with van der Waals surface area (Å²) in [4.78, 5) is 11.9. The van der Waals surface area contributed by atoms with Gasteiger partial charge in [-0.1, -0.05) is 0 Å². The molecule has 0 aliphatic heterocycles. The van der Waals surface area contributed by atoms with Crippen LogP contribution in [-0.4, -0.2) is 63.1 Å². The molecule has 0 bridgehead atoms. The summed E-state index contributed by atoms with van der Waals surface area (Å²) in [5, 5.41) is 11.3. The number of hydrogen-bond donors (Lipinski definition) is 2. The molecular formula is C13H20N2O5S2. The van der Waals surface area contributed by atoms with E-state index in [-0.39, 0.29) is 23.2 Å². The van der Waals surface area contributed by atoms with E-state index in [1.165, 1.54) is 51.2 Å². The number of hydrogen-bond acceptors (Lipinski definition) is 6. The average Bonchev–Trinajstić information content (AvgIpc) is 2.47. The smallest absolute Gasteiger partial charge is 0.242 e. The van der Waals surface area contributed by atoms with Gasteiger partial charge in [0, 0.05) is 19.8 Å². The Bertz CT molecular complexity index is 617. The summed E-state index contributed by atoms with van der Waals surface area (Å²) in [6, 6.07) is 4.28. The highest BCUT2D eigenvalue weighted by molar-refractivity contribution is 7.99. The van der Waals surface area contributed by atoms with Gasteiger partial charge in [0.25, 0.3) is 0 Å². The first-order chi connectivity index (χ1) is 10.3. The van der Waals surface area contributed by atoms with Crippen LogP contribution in [0.4, 0.5) is 5.69 Å². The van der Waals surface area contributed by atoms with Crippen LogP contribution >= 0.6 is 11.8 Å². The Balaban J connectivity index is 3.00. The fourth-order valence-corrected chi connectivity index (χ4v) is 3.03. The second-order valence-electron chi connectivity index (χ2n) is 4.47. The van der Waals surface area contributed by atoms with Crippen molar-refractivity contribution in [1.29, 1.82) is 0 Å². The highest BCUT2D eigenvalue weighted by atomic mass is 32.2. The number of methoxy groups -OCH3 is 1. The monoisotopic (exact) mass is 348 g/mol. The van der Waals surface area contributed by atoms with Gasteiger partial charge in [-0.3, -0.25) is 4.79 Å². The summed E-state index contributed by atoms with van der Waals surface area (Å²) >= 11 is 1.28. The summed E-state index contributed by atoms with van der Waals surface area (Å²) < 4.78 is 30.5. The number of carbonyl (C=O) groups is 1. The van der Waals surface area contributed by atoms with Crippen molar-refractivity contribution in [2.24, 2.45) is 0 Å². The Labute approximate surface area is 134 Å². The standard InChI is InChI=1S/C13H20N2O5S2/c1-15(2)22(18,19)10-4-5-12(20-3)11(8-10)14-13(17)9-21-7-6-16/h4-5,8,16H,6-7,9H2,1-3H3,(H,14,17). The van der Waals surface area contributed by atoms with Gasteiger partial charge in [0.2, 0.25) is 15.9 Å². The van der Waals surface area contributed by atoms with E-state index in [0.29, 0.717) is 17.2 Å². The summed E-state index contributed by atoms with van der Waals surface area (Å²) in [5.41, 5.74) is 0.292. The molecule has 0 aliphatic rings. The molecule has 22 heavy (non-hydrogen) atoms. The Kier molecular flexibility index (Phi) is 7.14. The van der Waals surface area contributed by atoms with E-state index in [1.807, 2.05) is 0 Å². The summed E-state index contributed by atoms with van der Waals surface area (Å²) in [6.07, 6.45) is 0. The lowest BCUT2D eigenvalue weighted by Gasteiger charge is -2.15. The fraction of sp³-hybridized carbons (Fsp3) is 0.462. The molecule has 0 aliphatic carbocycles. The third kappa shape index (κ3) is 4.87. The molecule has 0 saturated heterocycles. The van der Waals surface area contributed by atoms with Crippen LogP contribution in [0.1, 0.15) is 0 Å². The molecular weight excluding hydrogens is 328 g/mol. The van der Waals surface area contributed by atoms with Crippen molar-refractivity contribution >= 4 is 33.4 Å². The van der Waals surface area contributed by atoms with E-state index >= 15 is 0 Å². The third-order valence-electron chi connectivity index (χ3n) is 2.69. The SMILES string of the molecule is COc1ccc(S(=O)(=O)N(C)C)cc1NC(=O)CSCCO. The number of amides is 1. The van der Waals surface area contributed by atoms with Gasteiger partial charge in [-0.15, -0.1) is 11.8 Å². The number of thioether (sulfide) groups is 1. The maximum Gasteiger partial charge on any atom is 0.242 e. The van der Waals surface area contributed by atoms with Crippen LogP contribution in [-0.2, 0) is 14.8 Å². The summed E-state index contributed by atoms with van der Waals surface area (Å²) in [7, 11) is 0.711. The van der Waals surface area contributed by atoms with E-state index in [9.17, 15) is 13.2 Å². The first-order valence-corrected chi connectivity index (χ1v) is 9.01. The molecule has 0 atom stereocenters. The van der Waals surface area contributed by atoms with Gasteiger partial charge in [-0.05, 0) is 18.2 Å². The average molecular weight is 348 g/mol. The lowest BCUT2D eigenvalue weighted by Crippen LogP contribution is -2.22. The molecule has 0 spiro atoms. The molecule has 7 nitrogen and oxygen atoms in total. The number of ether oxygens (including phenoxy) is 1. The Hall–Kier alpha value is -1.29. The van der Waals surface area contributed by atoms with Crippen LogP contribution in [0.15, 0.2) is 23.1 Å². The molecule has 1 rings (SSSR count). The van der Waals surface area contributed by atoms with E-state index in [0.717, 1.165) is 4.31 Å². The minimum Gasteiger partial charge on any atom is -0.495 e. The number of benzene rings is 1. The van der Waals surface area contributed by atoms with Crippen molar-refractivity contribution in [2.75, 3.05) is 44.6 Å². The van der Waals surface area contributed by atoms with Crippen molar-refractivity contribution in [2.45, 2.75) is 4.90 Å². The minimum atomic E-state index is -3.59. The van der Waals surface area contributed by atoms with Gasteiger partial charge in [-0.25, -0.2) is 12.7 Å². The van der Waals surface area contributed by atoms with Crippen LogP contribution in [0.3, 0.4) is 0 Å². The van der Waals surface area contributed by atoms with E-state index in [1.54, 1.807) is 0 Å². The van der Waals surface area contributed by atoms with Crippen molar-refractivity contribution in [3.8, 4) is 5.75 Å². The Morgan fingerprint density at radius 3 is 2.64 bits per heavy atom. The van der Waals surface area contributed by atoms with Crippen LogP contribution in [0.2, 0.25) is 0 Å². The normalized spacial score (nSPS) is 11.5. The van der Waals surface area contributed by atoms with E-state index in [2.05, 4.69) is 5.32 Å². The second-order valence-corrected chi connectivity index (χ2v) is 7.73. The minimum absolute atomic E-state index is 0.00215. The van der Waals surface area contributed by atoms with Crippen LogP contribution in [0, 0.1) is 0 Å². The molecule has 0 unspecified atom stereocenters. The van der Waals surface area contributed by atoms with Gasteiger partial charge in [0.1, 0.15) is 5.75 Å². The Morgan fingerprint density at radius 2 is 2.09 bits per heavy atom. The van der Waals surface area contributed by atoms with E-state index in [4.69, 9.17) is 9.84 Å². The molecule has 0 saturated carbocycles. The third-order valence-corrected chi connectivity index (χ3v) is 5.44. The molecule has 1 amide bonds. The van der Waals surface area contributed by atoms with Gasteiger partial charge < -0.3 is 15.2 Å². The van der Waals surface area contributed by atoms with Gasteiger partial charge in [-0.2, -0.15) is 0 Å². The molecule has 9 heteroatoms. The molecule has 0 aromatic heterocycles. The lowest BCUT2D eigenvalue weighted by atomic mass is 10.3. The fourth-order valence-electron chi connectivity index (χ4n) is 1.57. The lowest BCUT2D eigenvalue weighted by molar-refractivity contribution is -0.113. The number of nitrogens with zero attached hydrogens (tertiary/aromatic N) is 1. The molecule has 0 radical (unpaired) electrons. The number of anilines is 1. The zero-order valence-electron chi connectivity index (χ0n) is 12.7. The van der Waals surface area contributed by atoms with Gasteiger partial charge >= 0.3 is 0 Å². The summed E-state index contributed by atoms with van der Waals surface area (Å²) in [6.45, 7) is -0.00215. The second kappa shape index (κ2) is 8.37. The topological polar surface area (TPSA) is 95.9 Å². The maximum atomic E-state index is 12.1. The quantitative estimate of drug-likeness (QED) is 0.668. The molecule has 0 fully saturated rings. The number of aliphatic hydroxyl groups excluding tert-OH is 1. The highest BCUT2D eigenvalue weighted by Gasteiger charge is 2.19. The van der Waals surface area contributed by atoms with Crippen molar-refractivity contribution in [3.05, 3.63) is 18.2 Å². The zero-order valence-corrected chi connectivity index (χ0v) is 14.3. The number of nitrogens with one attached hydrogen (secondary N) is 1. The molecule has 124 valence electrons. The first-order valence-electron chi connectivity index (χ1n) is 6.42. The molecule has 1 aromatic rings. The molecule has 2 N–H and O–H groups in total. The van der Waals surface area contributed by atoms with Gasteiger partial charge in [0.05, 0.1) is 30.1 Å². The van der Waals surface area contributed by atoms with Crippen molar-refractivity contribution in [3.63, 3.8) is 0 Å². The number of sulfonamides is 1. The number of aliphatic hydroxyl groups is 1.